The van der Waals surface area contributed by atoms with Gasteiger partial charge in [0.05, 0.1) is 0 Å². The summed E-state index contributed by atoms with van der Waals surface area (Å²) in [5.74, 6) is 0. The minimum atomic E-state index is 0.681. The van der Waals surface area contributed by atoms with E-state index in [0.29, 0.717) is 29.0 Å². The first-order chi connectivity index (χ1) is 5.75. The van der Waals surface area contributed by atoms with Crippen LogP contribution in [0.15, 0.2) is 24.3 Å². The molecule has 0 unspecified atom stereocenters. The van der Waals surface area contributed by atoms with Gasteiger partial charge in [0.15, 0.2) is 0 Å². The molecule has 56 valence electrons. The van der Waals surface area contributed by atoms with Crippen molar-refractivity contribution in [1.29, 1.82) is 0 Å². The molecule has 2 aromatic heterocycles. The van der Waals surface area contributed by atoms with Crippen LogP contribution in [0.1, 0.15) is 0 Å². The predicted molar refractivity (Wildman–Crippen MR) is 56.5 cm³/mol. The van der Waals surface area contributed by atoms with E-state index in [1.807, 2.05) is 0 Å². The first-order valence-electron chi connectivity index (χ1n) is 3.39. The summed E-state index contributed by atoms with van der Waals surface area (Å²) in [6, 6.07) is 9.29. The Labute approximate surface area is 110 Å². The van der Waals surface area contributed by atoms with Crippen LogP contribution < -0.4 is 4.91 Å². The van der Waals surface area contributed by atoms with Crippen molar-refractivity contribution >= 4 is 79.0 Å². The second kappa shape index (κ2) is 4.41. The summed E-state index contributed by atoms with van der Waals surface area (Å²) in [5, 5.41) is 0. The van der Waals surface area contributed by atoms with Crippen LogP contribution in [-0.2, 0) is 0 Å². The fourth-order valence-electron chi connectivity index (χ4n) is 0.941. The fraction of sp³-hybridized carbons (Fsp3) is 0. The van der Waals surface area contributed by atoms with Crippen LogP contribution in [0.3, 0.4) is 0 Å². The van der Waals surface area contributed by atoms with Crippen molar-refractivity contribution in [3.8, 4) is 8.87 Å². The summed E-state index contributed by atoms with van der Waals surface area (Å²) in [6.07, 6.45) is 0. The first-order valence-corrected chi connectivity index (χ1v) is 9.67. The second-order valence-electron chi connectivity index (χ2n) is 2.33. The van der Waals surface area contributed by atoms with E-state index in [4.69, 9.17) is 0 Å². The molecule has 2 rings (SSSR count). The number of rotatable bonds is 1. The fourth-order valence-corrected chi connectivity index (χ4v) is 8.43. The third kappa shape index (κ3) is 2.34. The van der Waals surface area contributed by atoms with Crippen molar-refractivity contribution in [3.05, 3.63) is 24.3 Å². The molecule has 0 N–H and O–H groups in total. The zero-order valence-corrected chi connectivity index (χ0v) is 15.3. The van der Waals surface area contributed by atoms with Crippen LogP contribution >= 0.6 is 0 Å². The predicted octanol–water partition coefficient (Wildman–Crippen LogP) is -0.945. The summed E-state index contributed by atoms with van der Waals surface area (Å²) in [6.45, 7) is 0. The monoisotopic (exact) mass is 500 g/mol. The van der Waals surface area contributed by atoms with Crippen LogP contribution in [0, 0.1) is 0 Å². The molecule has 0 aliphatic carbocycles. The topological polar surface area (TPSA) is 0 Å². The summed E-state index contributed by atoms with van der Waals surface area (Å²) in [5.41, 5.74) is 0. The van der Waals surface area contributed by atoms with Gasteiger partial charge in [-0.2, -0.15) is 0 Å². The Bertz CT molecular complexity index is 351. The van der Waals surface area contributed by atoms with Crippen molar-refractivity contribution in [2.75, 3.05) is 0 Å². The third-order valence-corrected chi connectivity index (χ3v) is 10.00. The summed E-state index contributed by atoms with van der Waals surface area (Å²) >= 11 is 4.57. The van der Waals surface area contributed by atoms with Crippen LogP contribution in [0.4, 0.5) is 0 Å². The van der Waals surface area contributed by atoms with Gasteiger partial charge in [-0.25, -0.2) is 0 Å². The van der Waals surface area contributed by atoms with E-state index in [-0.39, 0.29) is 0 Å². The maximum absolute atomic E-state index is 2.33. The van der Waals surface area contributed by atoms with E-state index < -0.39 is 0 Å². The zero-order chi connectivity index (χ0) is 8.55. The first kappa shape index (κ1) is 10.1. The third-order valence-electron chi connectivity index (χ3n) is 1.45. The normalized spacial score (nSPS) is 10.5. The molecule has 0 spiro atoms. The van der Waals surface area contributed by atoms with E-state index >= 15 is 0 Å². The maximum atomic E-state index is 2.33. The molecule has 12 heavy (non-hydrogen) atoms. The van der Waals surface area contributed by atoms with Crippen molar-refractivity contribution < 1.29 is 0 Å². The molecule has 0 aliphatic rings. The standard InChI is InChI=1S/C8H4Se2.2Sn/c1-3-7(9-5-1)8-4-2-6-10-8;;/h1-4H;;. The molecule has 4 heteroatoms. The van der Waals surface area contributed by atoms with Gasteiger partial charge in [0.2, 0.25) is 0 Å². The molecular weight excluding hydrogens is 491 g/mol. The van der Waals surface area contributed by atoms with Crippen molar-refractivity contribution in [2.24, 2.45) is 0 Å². The molecule has 0 bridgehead atoms. The van der Waals surface area contributed by atoms with E-state index in [0.717, 1.165) is 0 Å². The van der Waals surface area contributed by atoms with Gasteiger partial charge in [-0.1, -0.05) is 0 Å². The molecule has 0 saturated carbocycles. The average Bonchev–Trinajstić information content (AvgIpc) is 2.58. The molecular formula is C8H4Se2Sn2. The Morgan fingerprint density at radius 2 is 1.17 bits per heavy atom. The molecule has 0 saturated heterocycles. The van der Waals surface area contributed by atoms with Gasteiger partial charge in [0.1, 0.15) is 0 Å². The Hall–Kier alpha value is 1.60. The van der Waals surface area contributed by atoms with Gasteiger partial charge in [-0.3, -0.25) is 0 Å². The molecule has 2 aromatic rings. The number of hydrogen-bond acceptors (Lipinski definition) is 0. The summed E-state index contributed by atoms with van der Waals surface area (Å²) in [4.78, 5) is 0. The van der Waals surface area contributed by atoms with Crippen LogP contribution in [0.25, 0.3) is 8.87 Å². The Kier molecular flexibility index (Phi) is 3.72. The van der Waals surface area contributed by atoms with Crippen molar-refractivity contribution in [1.82, 2.24) is 0 Å². The van der Waals surface area contributed by atoms with Crippen LogP contribution in [0.5, 0.6) is 0 Å². The molecule has 0 amide bonds. The zero-order valence-electron chi connectivity index (χ0n) is 6.13. The average molecular weight is 495 g/mol. The van der Waals surface area contributed by atoms with Gasteiger partial charge in [0, 0.05) is 0 Å². The Balaban J connectivity index is 2.43. The van der Waals surface area contributed by atoms with Gasteiger partial charge in [-0.05, 0) is 0 Å². The number of hydrogen-bond donors (Lipinski definition) is 0. The Morgan fingerprint density at radius 3 is 1.42 bits per heavy atom. The SMILES string of the molecule is [Sn][c]1ccc(-c2cc[c]([Sn])[se]2)[se]1. The molecule has 2 heterocycles. The van der Waals surface area contributed by atoms with Crippen LogP contribution in [-0.4, -0.2) is 74.1 Å². The second-order valence-corrected chi connectivity index (χ2v) is 14.6. The molecule has 0 aromatic carbocycles. The summed E-state index contributed by atoms with van der Waals surface area (Å²) < 4.78 is 6.59. The van der Waals surface area contributed by atoms with Gasteiger partial charge >= 0.3 is 112 Å². The summed E-state index contributed by atoms with van der Waals surface area (Å²) in [7, 11) is 0. The van der Waals surface area contributed by atoms with E-state index in [2.05, 4.69) is 24.3 Å². The van der Waals surface area contributed by atoms with Gasteiger partial charge in [0.25, 0.3) is 0 Å². The van der Waals surface area contributed by atoms with Gasteiger partial charge in [-0.15, -0.1) is 0 Å². The minimum absolute atomic E-state index is 0.681. The molecule has 0 nitrogen and oxygen atoms in total. The molecule has 0 aliphatic heterocycles. The van der Waals surface area contributed by atoms with E-state index in [1.165, 1.54) is 0 Å². The van der Waals surface area contributed by atoms with Crippen LogP contribution in [0.2, 0.25) is 0 Å². The van der Waals surface area contributed by atoms with Crippen molar-refractivity contribution in [2.45, 2.75) is 0 Å². The molecule has 0 fully saturated rings. The molecule has 6 radical (unpaired) electrons. The van der Waals surface area contributed by atoms with Gasteiger partial charge < -0.3 is 0 Å². The quantitative estimate of drug-likeness (QED) is 0.448. The van der Waals surface area contributed by atoms with E-state index in [9.17, 15) is 0 Å². The molecule has 0 atom stereocenters. The van der Waals surface area contributed by atoms with Crippen molar-refractivity contribution in [3.63, 3.8) is 0 Å². The van der Waals surface area contributed by atoms with E-state index in [1.54, 1.807) is 58.8 Å². The Morgan fingerprint density at radius 1 is 0.750 bits per heavy atom.